The predicted molar refractivity (Wildman–Crippen MR) is 127 cm³/mol. The molecule has 3 aromatic heterocycles. The molecule has 0 bridgehead atoms. The second-order valence-electron chi connectivity index (χ2n) is 8.00. The van der Waals surface area contributed by atoms with Crippen LogP contribution in [0.2, 0.25) is 10.0 Å². The lowest BCUT2D eigenvalue weighted by Gasteiger charge is -2.23. The van der Waals surface area contributed by atoms with Gasteiger partial charge in [0.1, 0.15) is 17.1 Å². The second kappa shape index (κ2) is 9.48. The number of hydrogen-bond donors (Lipinski definition) is 2. The van der Waals surface area contributed by atoms with Crippen molar-refractivity contribution < 1.29 is 4.42 Å². The Morgan fingerprint density at radius 1 is 1.09 bits per heavy atom. The average Bonchev–Trinajstić information content (AvgIpc) is 3.45. The van der Waals surface area contributed by atoms with Crippen molar-refractivity contribution in [3.63, 3.8) is 0 Å². The van der Waals surface area contributed by atoms with E-state index in [1.165, 1.54) is 12.8 Å². The van der Waals surface area contributed by atoms with Crippen LogP contribution in [0.5, 0.6) is 0 Å². The van der Waals surface area contributed by atoms with Gasteiger partial charge in [-0.05, 0) is 62.5 Å². The molecule has 0 saturated carbocycles. The summed E-state index contributed by atoms with van der Waals surface area (Å²) in [7, 11) is 0. The number of aromatic nitrogens is 4. The maximum Gasteiger partial charge on any atom is 0.225 e. The monoisotopic (exact) mass is 470 g/mol. The molecule has 32 heavy (non-hydrogen) atoms. The number of nitrogens with one attached hydrogen (secondary N) is 2. The van der Waals surface area contributed by atoms with Crippen molar-refractivity contribution in [1.82, 2.24) is 24.8 Å². The summed E-state index contributed by atoms with van der Waals surface area (Å²) < 4.78 is 7.52. The minimum Gasteiger partial charge on any atom is -0.467 e. The number of imidazole rings is 1. The quantitative estimate of drug-likeness (QED) is 0.376. The van der Waals surface area contributed by atoms with E-state index in [0.29, 0.717) is 34.0 Å². The van der Waals surface area contributed by atoms with E-state index in [1.54, 1.807) is 12.5 Å². The van der Waals surface area contributed by atoms with E-state index in [2.05, 4.69) is 20.2 Å². The van der Waals surface area contributed by atoms with E-state index in [-0.39, 0.29) is 0 Å². The van der Waals surface area contributed by atoms with E-state index in [4.69, 9.17) is 37.6 Å². The molecule has 1 saturated heterocycles. The molecule has 2 N–H and O–H groups in total. The van der Waals surface area contributed by atoms with E-state index in [1.807, 2.05) is 30.3 Å². The summed E-state index contributed by atoms with van der Waals surface area (Å²) in [6.45, 7) is 3.43. The number of nitrogens with zero attached hydrogens (tertiary/aromatic N) is 4. The summed E-state index contributed by atoms with van der Waals surface area (Å²) >= 11 is 13.1. The number of benzene rings is 1. The SMILES string of the molecule is Clc1cccc(Cl)c1-c1nc2cnc(NCc3ccco3)nc2n1CCC1CCNCC1. The minimum atomic E-state index is 0.505. The van der Waals surface area contributed by atoms with Gasteiger partial charge in [-0.3, -0.25) is 0 Å². The largest absolute Gasteiger partial charge is 0.467 e. The maximum absolute atomic E-state index is 6.55. The zero-order valence-electron chi connectivity index (χ0n) is 17.5. The van der Waals surface area contributed by atoms with Gasteiger partial charge in [-0.15, -0.1) is 0 Å². The fourth-order valence-corrected chi connectivity index (χ4v) is 4.75. The Morgan fingerprint density at radius 2 is 1.91 bits per heavy atom. The number of halogens is 2. The van der Waals surface area contributed by atoms with Crippen molar-refractivity contribution in [2.24, 2.45) is 5.92 Å². The van der Waals surface area contributed by atoms with Crippen LogP contribution in [0.3, 0.4) is 0 Å². The Morgan fingerprint density at radius 3 is 2.66 bits per heavy atom. The van der Waals surface area contributed by atoms with Crippen LogP contribution < -0.4 is 10.6 Å². The van der Waals surface area contributed by atoms with Crippen molar-refractivity contribution in [3.8, 4) is 11.4 Å². The molecular formula is C23H24Cl2N6O. The van der Waals surface area contributed by atoms with E-state index < -0.39 is 0 Å². The highest BCUT2D eigenvalue weighted by Gasteiger charge is 2.21. The Labute approximate surface area is 196 Å². The molecule has 5 rings (SSSR count). The van der Waals surface area contributed by atoms with Gasteiger partial charge in [-0.2, -0.15) is 4.98 Å². The van der Waals surface area contributed by atoms with Gasteiger partial charge in [0, 0.05) is 6.54 Å². The average molecular weight is 471 g/mol. The number of anilines is 1. The first-order valence-corrected chi connectivity index (χ1v) is 11.6. The first-order valence-electron chi connectivity index (χ1n) is 10.8. The normalized spacial score (nSPS) is 14.8. The number of furan rings is 1. The standard InChI is InChI=1S/C23H24Cl2N6O/c24-17-4-1-5-18(25)20(17)22-29-19-14-28-23(27-13-16-3-2-12-32-16)30-21(19)31(22)11-8-15-6-9-26-10-7-15/h1-5,12,14-15,26H,6-11,13H2,(H,27,28,30). The number of fused-ring (bicyclic) bond motifs is 1. The zero-order valence-corrected chi connectivity index (χ0v) is 19.0. The maximum atomic E-state index is 6.55. The molecule has 4 heterocycles. The highest BCUT2D eigenvalue weighted by Crippen LogP contribution is 2.36. The molecule has 7 nitrogen and oxygen atoms in total. The summed E-state index contributed by atoms with van der Waals surface area (Å²) in [5, 5.41) is 7.80. The van der Waals surface area contributed by atoms with E-state index in [0.717, 1.165) is 48.9 Å². The lowest BCUT2D eigenvalue weighted by atomic mass is 9.95. The Kier molecular flexibility index (Phi) is 6.30. The highest BCUT2D eigenvalue weighted by molar-refractivity contribution is 6.39. The lowest BCUT2D eigenvalue weighted by molar-refractivity contribution is 0.339. The zero-order chi connectivity index (χ0) is 21.9. The molecule has 0 spiro atoms. The van der Waals surface area contributed by atoms with Gasteiger partial charge < -0.3 is 19.6 Å². The third-order valence-corrected chi connectivity index (χ3v) is 6.52. The third kappa shape index (κ3) is 4.46. The molecule has 0 aliphatic carbocycles. The molecule has 4 aromatic rings. The molecule has 9 heteroatoms. The summed E-state index contributed by atoms with van der Waals surface area (Å²) in [4.78, 5) is 14.0. The van der Waals surface area contributed by atoms with Gasteiger partial charge >= 0.3 is 0 Å². The van der Waals surface area contributed by atoms with Crippen LogP contribution in [-0.4, -0.2) is 32.6 Å². The van der Waals surface area contributed by atoms with Crippen LogP contribution in [0.15, 0.2) is 47.2 Å². The predicted octanol–water partition coefficient (Wildman–Crippen LogP) is 5.39. The molecule has 1 aliphatic rings. The van der Waals surface area contributed by atoms with Gasteiger partial charge in [-0.1, -0.05) is 29.3 Å². The molecule has 1 aromatic carbocycles. The smallest absolute Gasteiger partial charge is 0.225 e. The first-order chi connectivity index (χ1) is 15.7. The molecule has 166 valence electrons. The number of aryl methyl sites for hydroxylation is 1. The fraction of sp³-hybridized carbons (Fsp3) is 0.348. The molecule has 1 fully saturated rings. The van der Waals surface area contributed by atoms with Gasteiger partial charge in [0.15, 0.2) is 5.65 Å². The highest BCUT2D eigenvalue weighted by atomic mass is 35.5. The first kappa shape index (κ1) is 21.2. The Balaban J connectivity index is 1.52. The molecule has 0 amide bonds. The van der Waals surface area contributed by atoms with E-state index in [9.17, 15) is 0 Å². The van der Waals surface area contributed by atoms with Crippen molar-refractivity contribution in [3.05, 3.63) is 58.6 Å². The Bertz CT molecular complexity index is 1180. The summed E-state index contributed by atoms with van der Waals surface area (Å²) in [5.74, 6) is 2.73. The summed E-state index contributed by atoms with van der Waals surface area (Å²) in [6.07, 6.45) is 6.79. The molecule has 0 unspecified atom stereocenters. The number of hydrogen-bond acceptors (Lipinski definition) is 6. The number of piperidine rings is 1. The Hall–Kier alpha value is -2.61. The van der Waals surface area contributed by atoms with Crippen LogP contribution in [0, 0.1) is 5.92 Å². The van der Waals surface area contributed by atoms with Gasteiger partial charge in [-0.25, -0.2) is 9.97 Å². The van der Waals surface area contributed by atoms with Crippen LogP contribution in [0.25, 0.3) is 22.6 Å². The molecular weight excluding hydrogens is 447 g/mol. The third-order valence-electron chi connectivity index (χ3n) is 5.89. The van der Waals surface area contributed by atoms with Crippen molar-refractivity contribution in [2.75, 3.05) is 18.4 Å². The minimum absolute atomic E-state index is 0.505. The van der Waals surface area contributed by atoms with Crippen molar-refractivity contribution in [1.29, 1.82) is 0 Å². The van der Waals surface area contributed by atoms with Crippen LogP contribution in [-0.2, 0) is 13.1 Å². The van der Waals surface area contributed by atoms with E-state index >= 15 is 0 Å². The fourth-order valence-electron chi connectivity index (χ4n) is 4.18. The van der Waals surface area contributed by atoms with Gasteiger partial charge in [0.2, 0.25) is 5.95 Å². The molecule has 0 atom stereocenters. The number of rotatable bonds is 7. The summed E-state index contributed by atoms with van der Waals surface area (Å²) in [6, 6.07) is 9.28. The molecule has 1 aliphatic heterocycles. The van der Waals surface area contributed by atoms with Gasteiger partial charge in [0.25, 0.3) is 0 Å². The van der Waals surface area contributed by atoms with Gasteiger partial charge in [0.05, 0.1) is 34.6 Å². The van der Waals surface area contributed by atoms with Crippen LogP contribution in [0.4, 0.5) is 5.95 Å². The molecule has 0 radical (unpaired) electrons. The van der Waals surface area contributed by atoms with Crippen molar-refractivity contribution in [2.45, 2.75) is 32.4 Å². The van der Waals surface area contributed by atoms with Crippen LogP contribution >= 0.6 is 23.2 Å². The topological polar surface area (TPSA) is 80.8 Å². The van der Waals surface area contributed by atoms with Crippen LogP contribution in [0.1, 0.15) is 25.0 Å². The summed E-state index contributed by atoms with van der Waals surface area (Å²) in [5.41, 5.74) is 2.20. The second-order valence-corrected chi connectivity index (χ2v) is 8.82. The van der Waals surface area contributed by atoms with Crippen molar-refractivity contribution >= 4 is 40.3 Å². The lowest BCUT2D eigenvalue weighted by Crippen LogP contribution is -2.28.